The number of oxazole rings is 1. The molecule has 5 nitrogen and oxygen atoms in total. The van der Waals surface area contributed by atoms with Crippen molar-refractivity contribution in [2.24, 2.45) is 0 Å². The average molecular weight is 414 g/mol. The van der Waals surface area contributed by atoms with Crippen molar-refractivity contribution in [3.05, 3.63) is 64.0 Å². The van der Waals surface area contributed by atoms with Crippen LogP contribution in [-0.4, -0.2) is 17.1 Å². The van der Waals surface area contributed by atoms with Crippen LogP contribution in [0, 0.1) is 0 Å². The molecular weight excluding hydrogens is 378 g/mol. The number of hydrogen-bond acceptors (Lipinski definition) is 4. The van der Waals surface area contributed by atoms with Crippen molar-refractivity contribution in [2.45, 2.75) is 78.2 Å². The zero-order valence-electron chi connectivity index (χ0n) is 18.4. The third kappa shape index (κ3) is 8.05. The van der Waals surface area contributed by atoms with Crippen LogP contribution in [0.4, 0.5) is 0 Å². The van der Waals surface area contributed by atoms with Gasteiger partial charge in [0, 0.05) is 12.5 Å². The van der Waals surface area contributed by atoms with Crippen LogP contribution >= 0.6 is 0 Å². The smallest absolute Gasteiger partial charge is 0.419 e. The number of rotatable bonds is 14. The van der Waals surface area contributed by atoms with Crippen molar-refractivity contribution in [3.8, 4) is 0 Å². The van der Waals surface area contributed by atoms with E-state index in [2.05, 4.69) is 6.92 Å². The van der Waals surface area contributed by atoms with Gasteiger partial charge in [0.25, 0.3) is 0 Å². The second kappa shape index (κ2) is 13.6. The van der Waals surface area contributed by atoms with E-state index in [1.807, 2.05) is 37.3 Å². The zero-order valence-corrected chi connectivity index (χ0v) is 18.4. The summed E-state index contributed by atoms with van der Waals surface area (Å²) in [7, 11) is 0. The molecule has 2 rings (SSSR count). The van der Waals surface area contributed by atoms with Gasteiger partial charge in [0.2, 0.25) is 0 Å². The SMILES string of the molecule is CCCCCCCCc1oc(=O)n(Cc2ccccc2)c1/C=C/C(=O)OCCCC. The molecule has 1 heterocycles. The summed E-state index contributed by atoms with van der Waals surface area (Å²) in [5.74, 6) is -0.142. The van der Waals surface area contributed by atoms with Crippen LogP contribution < -0.4 is 5.76 Å². The summed E-state index contributed by atoms with van der Waals surface area (Å²) in [6.45, 7) is 5.07. The van der Waals surface area contributed by atoms with E-state index in [0.29, 0.717) is 31.0 Å². The molecule has 0 spiro atoms. The number of hydrogen-bond donors (Lipinski definition) is 0. The van der Waals surface area contributed by atoms with Gasteiger partial charge >= 0.3 is 11.7 Å². The number of aryl methyl sites for hydroxylation is 1. The molecule has 2 aromatic rings. The highest BCUT2D eigenvalue weighted by molar-refractivity contribution is 5.86. The van der Waals surface area contributed by atoms with Gasteiger partial charge in [-0.15, -0.1) is 0 Å². The second-order valence-corrected chi connectivity index (χ2v) is 7.62. The van der Waals surface area contributed by atoms with E-state index in [1.54, 1.807) is 10.6 Å². The predicted molar refractivity (Wildman–Crippen MR) is 120 cm³/mol. The Morgan fingerprint density at radius 1 is 1.00 bits per heavy atom. The Balaban J connectivity index is 2.13. The van der Waals surface area contributed by atoms with E-state index in [9.17, 15) is 9.59 Å². The van der Waals surface area contributed by atoms with Crippen LogP contribution in [0.2, 0.25) is 0 Å². The average Bonchev–Trinajstić information content (AvgIpc) is 3.04. The molecule has 1 aromatic carbocycles. The molecule has 0 saturated carbocycles. The molecule has 0 aliphatic carbocycles. The molecule has 30 heavy (non-hydrogen) atoms. The standard InChI is InChI=1S/C25H35NO4/c1-3-5-7-8-9-13-16-23-22(17-18-24(27)29-19-6-4-2)26(25(28)30-23)20-21-14-11-10-12-15-21/h10-12,14-15,17-18H,3-9,13,16,19-20H2,1-2H3/b18-17+. The Kier molecular flexibility index (Phi) is 10.8. The van der Waals surface area contributed by atoms with Crippen LogP contribution in [0.3, 0.4) is 0 Å². The molecule has 0 fully saturated rings. The normalized spacial score (nSPS) is 11.3. The molecule has 5 heteroatoms. The van der Waals surface area contributed by atoms with Gasteiger partial charge in [0.1, 0.15) is 5.76 Å². The van der Waals surface area contributed by atoms with Gasteiger partial charge in [-0.1, -0.05) is 82.7 Å². The Morgan fingerprint density at radius 3 is 2.43 bits per heavy atom. The van der Waals surface area contributed by atoms with Crippen molar-refractivity contribution in [1.82, 2.24) is 4.57 Å². The first kappa shape index (κ1) is 23.7. The summed E-state index contributed by atoms with van der Waals surface area (Å²) in [6.07, 6.45) is 12.5. The number of carbonyl (C=O) groups excluding carboxylic acids is 1. The lowest BCUT2D eigenvalue weighted by molar-refractivity contribution is -0.137. The van der Waals surface area contributed by atoms with Crippen LogP contribution in [0.5, 0.6) is 0 Å². The summed E-state index contributed by atoms with van der Waals surface area (Å²) < 4.78 is 12.4. The summed E-state index contributed by atoms with van der Waals surface area (Å²) in [5, 5.41) is 0. The van der Waals surface area contributed by atoms with E-state index in [0.717, 1.165) is 31.2 Å². The number of nitrogens with zero attached hydrogens (tertiary/aromatic N) is 1. The molecule has 0 N–H and O–H groups in total. The lowest BCUT2D eigenvalue weighted by atomic mass is 10.1. The Bertz CT molecular complexity index is 833. The minimum atomic E-state index is -0.395. The number of aromatic nitrogens is 1. The van der Waals surface area contributed by atoms with Crippen molar-refractivity contribution in [1.29, 1.82) is 0 Å². The van der Waals surface area contributed by atoms with Crippen molar-refractivity contribution < 1.29 is 13.9 Å². The molecular formula is C25H35NO4. The second-order valence-electron chi connectivity index (χ2n) is 7.62. The highest BCUT2D eigenvalue weighted by atomic mass is 16.5. The molecule has 0 bridgehead atoms. The Hall–Kier alpha value is -2.56. The van der Waals surface area contributed by atoms with E-state index in [1.165, 1.54) is 31.8 Å². The summed E-state index contributed by atoms with van der Waals surface area (Å²) >= 11 is 0. The highest BCUT2D eigenvalue weighted by Crippen LogP contribution is 2.17. The zero-order chi connectivity index (χ0) is 21.6. The van der Waals surface area contributed by atoms with Gasteiger partial charge in [-0.05, 0) is 24.5 Å². The quantitative estimate of drug-likeness (QED) is 0.225. The largest absolute Gasteiger partial charge is 0.463 e. The van der Waals surface area contributed by atoms with Gasteiger partial charge in [-0.25, -0.2) is 9.59 Å². The number of benzene rings is 1. The van der Waals surface area contributed by atoms with Crippen molar-refractivity contribution in [2.75, 3.05) is 6.61 Å². The number of ether oxygens (including phenoxy) is 1. The third-order valence-electron chi connectivity index (χ3n) is 5.07. The van der Waals surface area contributed by atoms with Gasteiger partial charge in [-0.2, -0.15) is 0 Å². The molecule has 1 aromatic heterocycles. The van der Waals surface area contributed by atoms with Gasteiger partial charge in [-0.3, -0.25) is 4.57 Å². The molecule has 0 saturated heterocycles. The summed E-state index contributed by atoms with van der Waals surface area (Å²) in [6, 6.07) is 9.77. The summed E-state index contributed by atoms with van der Waals surface area (Å²) in [4.78, 5) is 24.6. The molecule has 0 aliphatic heterocycles. The fourth-order valence-electron chi connectivity index (χ4n) is 3.32. The third-order valence-corrected chi connectivity index (χ3v) is 5.07. The van der Waals surface area contributed by atoms with Gasteiger partial charge in [0.05, 0.1) is 18.8 Å². The van der Waals surface area contributed by atoms with Crippen LogP contribution in [0.15, 0.2) is 45.6 Å². The molecule has 0 amide bonds. The predicted octanol–water partition coefficient (Wildman–Crippen LogP) is 5.75. The first-order valence-corrected chi connectivity index (χ1v) is 11.3. The van der Waals surface area contributed by atoms with Crippen molar-refractivity contribution in [3.63, 3.8) is 0 Å². The Labute approximate surface area is 179 Å². The fourth-order valence-corrected chi connectivity index (χ4v) is 3.32. The molecule has 0 unspecified atom stereocenters. The van der Waals surface area contributed by atoms with E-state index in [-0.39, 0.29) is 5.76 Å². The summed E-state index contributed by atoms with van der Waals surface area (Å²) in [5.41, 5.74) is 1.66. The topological polar surface area (TPSA) is 61.4 Å². The first-order chi connectivity index (χ1) is 14.7. The lowest BCUT2D eigenvalue weighted by Gasteiger charge is -2.06. The number of unbranched alkanes of at least 4 members (excludes halogenated alkanes) is 6. The molecule has 0 aliphatic rings. The number of carbonyl (C=O) groups is 1. The molecule has 0 radical (unpaired) electrons. The maximum Gasteiger partial charge on any atom is 0.419 e. The van der Waals surface area contributed by atoms with Gasteiger partial charge < -0.3 is 9.15 Å². The van der Waals surface area contributed by atoms with E-state index in [4.69, 9.17) is 9.15 Å². The van der Waals surface area contributed by atoms with E-state index < -0.39 is 5.97 Å². The number of esters is 1. The highest BCUT2D eigenvalue weighted by Gasteiger charge is 2.15. The van der Waals surface area contributed by atoms with Gasteiger partial charge in [0.15, 0.2) is 0 Å². The maximum absolute atomic E-state index is 12.5. The maximum atomic E-state index is 12.5. The minimum absolute atomic E-state index is 0.390. The molecule has 164 valence electrons. The van der Waals surface area contributed by atoms with E-state index >= 15 is 0 Å². The van der Waals surface area contributed by atoms with Crippen LogP contribution in [0.1, 0.15) is 82.2 Å². The van der Waals surface area contributed by atoms with Crippen molar-refractivity contribution >= 4 is 12.0 Å². The lowest BCUT2D eigenvalue weighted by Crippen LogP contribution is -2.16. The first-order valence-electron chi connectivity index (χ1n) is 11.3. The minimum Gasteiger partial charge on any atom is -0.463 e. The van der Waals surface area contributed by atoms with Crippen LogP contribution in [-0.2, 0) is 22.5 Å². The Morgan fingerprint density at radius 2 is 1.70 bits per heavy atom. The fraction of sp³-hybridized carbons (Fsp3) is 0.520. The monoisotopic (exact) mass is 413 g/mol. The van der Waals surface area contributed by atoms with Crippen LogP contribution in [0.25, 0.3) is 6.08 Å². The molecule has 0 atom stereocenters.